The van der Waals surface area contributed by atoms with Crippen molar-refractivity contribution in [2.45, 2.75) is 70.3 Å². The largest absolute Gasteiger partial charge is 0.493 e. The molecule has 2 aliphatic rings. The van der Waals surface area contributed by atoms with Gasteiger partial charge in [-0.1, -0.05) is 48.5 Å². The number of ether oxygens (including phenoxy) is 4. The molecule has 10 nitrogen and oxygen atoms in total. The highest BCUT2D eigenvalue weighted by molar-refractivity contribution is 5.76. The summed E-state index contributed by atoms with van der Waals surface area (Å²) in [6, 6.07) is 19.8. The average molecular weight is 619 g/mol. The Kier molecular flexibility index (Phi) is 11.1. The van der Waals surface area contributed by atoms with Gasteiger partial charge in [-0.15, -0.1) is 0 Å². The summed E-state index contributed by atoms with van der Waals surface area (Å²) in [6.45, 7) is 2.77. The van der Waals surface area contributed by atoms with E-state index in [1.807, 2.05) is 48.5 Å². The zero-order valence-corrected chi connectivity index (χ0v) is 25.9. The molecule has 0 spiro atoms. The maximum Gasteiger partial charge on any atom is 0.303 e. The molecule has 3 N–H and O–H groups in total. The molecule has 0 aromatic heterocycles. The van der Waals surface area contributed by atoms with Gasteiger partial charge in [-0.05, 0) is 52.8 Å². The number of hydrogen-bond donors (Lipinski definition) is 3. The predicted octanol–water partition coefficient (Wildman–Crippen LogP) is 4.67. The highest BCUT2D eigenvalue weighted by atomic mass is 16.7. The molecule has 0 aliphatic carbocycles. The molecule has 2 aliphatic heterocycles. The first-order valence-corrected chi connectivity index (χ1v) is 15.4. The van der Waals surface area contributed by atoms with Crippen LogP contribution < -0.4 is 14.8 Å². The highest BCUT2D eigenvalue weighted by Gasteiger charge is 2.34. The van der Waals surface area contributed by atoms with Crippen molar-refractivity contribution in [3.05, 3.63) is 94.0 Å². The Morgan fingerprint density at radius 1 is 0.911 bits per heavy atom. The number of carbonyl (C=O) groups is 2. The van der Waals surface area contributed by atoms with Crippen LogP contribution in [0.1, 0.15) is 71.5 Å². The summed E-state index contributed by atoms with van der Waals surface area (Å²) in [7, 11) is 3.31. The number of nitrogens with one attached hydrogen (secondary N) is 1. The van der Waals surface area contributed by atoms with Gasteiger partial charge in [0.25, 0.3) is 0 Å². The number of hydrogen-bond acceptors (Lipinski definition) is 8. The monoisotopic (exact) mass is 618 g/mol. The van der Waals surface area contributed by atoms with Gasteiger partial charge < -0.3 is 34.5 Å². The number of carbonyl (C=O) groups excluding carboxylic acids is 1. The van der Waals surface area contributed by atoms with E-state index in [-0.39, 0.29) is 37.6 Å². The van der Waals surface area contributed by atoms with Gasteiger partial charge >= 0.3 is 5.97 Å². The normalized spacial score (nSPS) is 19.8. The van der Waals surface area contributed by atoms with Crippen molar-refractivity contribution in [3.8, 4) is 11.5 Å². The lowest BCUT2D eigenvalue weighted by molar-refractivity contribution is -0.253. The molecule has 240 valence electrons. The van der Waals surface area contributed by atoms with Gasteiger partial charge in [0.2, 0.25) is 5.91 Å². The van der Waals surface area contributed by atoms with Crippen molar-refractivity contribution in [1.82, 2.24) is 10.2 Å². The third kappa shape index (κ3) is 8.61. The topological polar surface area (TPSA) is 127 Å². The molecule has 2 heterocycles. The number of amides is 1. The van der Waals surface area contributed by atoms with Crippen molar-refractivity contribution < 1.29 is 38.7 Å². The zero-order valence-electron chi connectivity index (χ0n) is 25.9. The Labute approximate surface area is 263 Å². The molecule has 45 heavy (non-hydrogen) atoms. The molecule has 5 rings (SSSR count). The maximum atomic E-state index is 12.1. The fraction of sp³-hybridized carbons (Fsp3) is 0.429. The first-order chi connectivity index (χ1) is 21.8. The van der Waals surface area contributed by atoms with Crippen molar-refractivity contribution >= 4 is 11.9 Å². The number of carboxylic acids is 1. The lowest BCUT2D eigenvalue weighted by Crippen LogP contribution is -2.41. The van der Waals surface area contributed by atoms with Gasteiger partial charge in [-0.3, -0.25) is 14.5 Å². The molecule has 1 saturated heterocycles. The van der Waals surface area contributed by atoms with Gasteiger partial charge in [-0.2, -0.15) is 0 Å². The van der Waals surface area contributed by atoms with Crippen LogP contribution in [0, 0.1) is 0 Å². The molecular weight excluding hydrogens is 576 g/mol. The summed E-state index contributed by atoms with van der Waals surface area (Å²) >= 11 is 0. The maximum absolute atomic E-state index is 12.1. The quantitative estimate of drug-likeness (QED) is 0.251. The van der Waals surface area contributed by atoms with Crippen LogP contribution in [-0.4, -0.2) is 60.4 Å². The molecule has 0 saturated carbocycles. The van der Waals surface area contributed by atoms with E-state index in [9.17, 15) is 14.7 Å². The Balaban J connectivity index is 1.27. The van der Waals surface area contributed by atoms with Crippen LogP contribution in [0.25, 0.3) is 0 Å². The minimum absolute atomic E-state index is 0.0115. The number of fused-ring (bicyclic) bond motifs is 1. The number of nitrogens with zero attached hydrogens (tertiary/aromatic N) is 1. The molecular formula is C35H42N2O8. The average Bonchev–Trinajstić information content (AvgIpc) is 3.06. The number of aliphatic carboxylic acids is 1. The van der Waals surface area contributed by atoms with Gasteiger partial charge in [0.05, 0.1) is 33.0 Å². The molecule has 3 atom stereocenters. The summed E-state index contributed by atoms with van der Waals surface area (Å²) in [4.78, 5) is 25.2. The van der Waals surface area contributed by atoms with E-state index in [1.54, 1.807) is 14.2 Å². The zero-order chi connectivity index (χ0) is 31.8. The van der Waals surface area contributed by atoms with Crippen LogP contribution >= 0.6 is 0 Å². The number of aliphatic hydroxyl groups is 1. The minimum atomic E-state index is -0.903. The van der Waals surface area contributed by atoms with Crippen molar-refractivity contribution in [2.24, 2.45) is 0 Å². The van der Waals surface area contributed by atoms with Crippen LogP contribution in [0.2, 0.25) is 0 Å². The Morgan fingerprint density at radius 3 is 2.24 bits per heavy atom. The molecule has 1 amide bonds. The van der Waals surface area contributed by atoms with E-state index in [4.69, 9.17) is 24.1 Å². The van der Waals surface area contributed by atoms with E-state index in [0.29, 0.717) is 19.4 Å². The molecule has 0 radical (unpaired) electrons. The molecule has 10 heteroatoms. The molecule has 0 unspecified atom stereocenters. The molecule has 3 aromatic rings. The Morgan fingerprint density at radius 2 is 1.58 bits per heavy atom. The number of methoxy groups -OCH3 is 2. The van der Waals surface area contributed by atoms with E-state index < -0.39 is 12.3 Å². The minimum Gasteiger partial charge on any atom is -0.493 e. The summed E-state index contributed by atoms with van der Waals surface area (Å²) in [5.41, 5.74) is 6.19. The second-order valence-corrected chi connectivity index (χ2v) is 11.6. The first-order valence-electron chi connectivity index (χ1n) is 15.4. The summed E-state index contributed by atoms with van der Waals surface area (Å²) < 4.78 is 24.1. The van der Waals surface area contributed by atoms with Crippen LogP contribution in [0.5, 0.6) is 11.5 Å². The number of benzene rings is 3. The lowest BCUT2D eigenvalue weighted by atomic mass is 9.97. The van der Waals surface area contributed by atoms with Crippen LogP contribution in [0.15, 0.2) is 60.7 Å². The third-order valence-electron chi connectivity index (χ3n) is 8.41. The van der Waals surface area contributed by atoms with Crippen molar-refractivity contribution in [2.75, 3.05) is 27.3 Å². The van der Waals surface area contributed by atoms with Gasteiger partial charge in [0.15, 0.2) is 17.8 Å². The van der Waals surface area contributed by atoms with E-state index in [0.717, 1.165) is 59.8 Å². The fourth-order valence-electron chi connectivity index (χ4n) is 5.90. The summed E-state index contributed by atoms with van der Waals surface area (Å²) in [5, 5.41) is 21.1. The standard InChI is InChI=1S/C35H42N2O8/c1-42-31-16-27-14-15-37(20-28(27)17-32(31)43-2)21-29-18-30(25-10-8-24(22-38)9-11-25)45-35(44-29)26-12-6-23(7-13-26)19-36-33(39)4-3-5-34(40)41/h6-13,16-17,29-30,35,38H,3-5,14-15,18-22H2,1-2H3,(H,36,39)(H,40,41)/t29-,30+,35+/m0/s1. The first kappa shape index (κ1) is 32.4. The van der Waals surface area contributed by atoms with Gasteiger partial charge in [-0.25, -0.2) is 0 Å². The van der Waals surface area contributed by atoms with Crippen molar-refractivity contribution in [1.29, 1.82) is 0 Å². The molecule has 1 fully saturated rings. The van der Waals surface area contributed by atoms with E-state index >= 15 is 0 Å². The van der Waals surface area contributed by atoms with E-state index in [2.05, 4.69) is 22.3 Å². The number of carboxylic acid groups (broad SMARTS) is 1. The van der Waals surface area contributed by atoms with E-state index in [1.165, 1.54) is 11.1 Å². The Bertz CT molecular complexity index is 1440. The smallest absolute Gasteiger partial charge is 0.303 e. The van der Waals surface area contributed by atoms with Crippen molar-refractivity contribution in [3.63, 3.8) is 0 Å². The summed E-state index contributed by atoms with van der Waals surface area (Å²) in [5.74, 6) is 0.405. The second kappa shape index (κ2) is 15.4. The lowest BCUT2D eigenvalue weighted by Gasteiger charge is -2.39. The second-order valence-electron chi connectivity index (χ2n) is 11.6. The van der Waals surface area contributed by atoms with Gasteiger partial charge in [0, 0.05) is 51.0 Å². The van der Waals surface area contributed by atoms with Crippen LogP contribution in [0.3, 0.4) is 0 Å². The van der Waals surface area contributed by atoms with Crippen LogP contribution in [0.4, 0.5) is 0 Å². The Hall–Kier alpha value is -3.96. The van der Waals surface area contributed by atoms with Crippen LogP contribution in [-0.2, 0) is 45.2 Å². The third-order valence-corrected chi connectivity index (χ3v) is 8.41. The molecule has 0 bridgehead atoms. The predicted molar refractivity (Wildman–Crippen MR) is 167 cm³/mol. The summed E-state index contributed by atoms with van der Waals surface area (Å²) in [6.07, 6.45) is 1.22. The number of rotatable bonds is 13. The van der Waals surface area contributed by atoms with Gasteiger partial charge in [0.1, 0.15) is 0 Å². The number of aliphatic hydroxyl groups excluding tert-OH is 1. The molecule has 3 aromatic carbocycles. The SMILES string of the molecule is COc1cc2c(cc1OC)CN(C[C@@H]1C[C@H](c3ccc(CO)cc3)O[C@H](c3ccc(CNC(=O)CCCC(=O)O)cc3)O1)CC2. The fourth-order valence-corrected chi connectivity index (χ4v) is 5.90. The highest BCUT2D eigenvalue weighted by Crippen LogP contribution is 2.39.